The van der Waals surface area contributed by atoms with Crippen LogP contribution in [-0.4, -0.2) is 48.9 Å². The second-order valence-electron chi connectivity index (χ2n) is 5.26. The number of anilines is 1. The Morgan fingerprint density at radius 3 is 2.47 bits per heavy atom. The maximum Gasteiger partial charge on any atom is 0.254 e. The molecule has 1 aromatic carbocycles. The first kappa shape index (κ1) is 13.8. The van der Waals surface area contributed by atoms with Gasteiger partial charge in [0.1, 0.15) is 5.82 Å². The Hall–Kier alpha value is -1.62. The SMILES string of the molecule is CN(C)C1CCN(C(=O)c2cc(N)cc(F)c2)CC1. The van der Waals surface area contributed by atoms with Crippen LogP contribution in [-0.2, 0) is 0 Å². The Bertz CT molecular complexity index is 448. The van der Waals surface area contributed by atoms with Crippen LogP contribution in [0.5, 0.6) is 0 Å². The van der Waals surface area contributed by atoms with Crippen molar-refractivity contribution in [2.45, 2.75) is 18.9 Å². The first-order valence-corrected chi connectivity index (χ1v) is 6.49. The molecule has 104 valence electrons. The highest BCUT2D eigenvalue weighted by atomic mass is 19.1. The van der Waals surface area contributed by atoms with Crippen LogP contribution in [0.4, 0.5) is 10.1 Å². The average molecular weight is 265 g/mol. The summed E-state index contributed by atoms with van der Waals surface area (Å²) in [6, 6.07) is 4.51. The number of carbonyl (C=O) groups is 1. The first-order chi connectivity index (χ1) is 8.97. The Kier molecular flexibility index (Phi) is 4.04. The predicted octanol–water partition coefficient (Wildman–Crippen LogP) is 1.57. The van der Waals surface area contributed by atoms with E-state index in [0.717, 1.165) is 12.8 Å². The fourth-order valence-corrected chi connectivity index (χ4v) is 2.50. The fourth-order valence-electron chi connectivity index (χ4n) is 2.50. The summed E-state index contributed by atoms with van der Waals surface area (Å²) in [5, 5.41) is 0. The Morgan fingerprint density at radius 2 is 1.95 bits per heavy atom. The van der Waals surface area contributed by atoms with Crippen molar-refractivity contribution < 1.29 is 9.18 Å². The minimum absolute atomic E-state index is 0.136. The number of nitrogen functional groups attached to an aromatic ring is 1. The maximum atomic E-state index is 13.3. The monoisotopic (exact) mass is 265 g/mol. The lowest BCUT2D eigenvalue weighted by Gasteiger charge is -2.35. The van der Waals surface area contributed by atoms with E-state index in [9.17, 15) is 9.18 Å². The molecule has 1 amide bonds. The third kappa shape index (κ3) is 3.23. The number of nitrogens with two attached hydrogens (primary N) is 1. The molecular formula is C14H20FN3O. The molecule has 1 heterocycles. The van der Waals surface area contributed by atoms with Gasteiger partial charge in [-0.2, -0.15) is 0 Å². The van der Waals surface area contributed by atoms with Gasteiger partial charge in [0.15, 0.2) is 0 Å². The first-order valence-electron chi connectivity index (χ1n) is 6.49. The molecule has 0 atom stereocenters. The Morgan fingerprint density at radius 1 is 1.32 bits per heavy atom. The van der Waals surface area contributed by atoms with Crippen molar-refractivity contribution in [3.8, 4) is 0 Å². The third-order valence-electron chi connectivity index (χ3n) is 3.65. The molecule has 1 saturated heterocycles. The van der Waals surface area contributed by atoms with Gasteiger partial charge in [-0.3, -0.25) is 4.79 Å². The quantitative estimate of drug-likeness (QED) is 0.826. The molecule has 5 heteroatoms. The molecule has 1 aromatic rings. The fraction of sp³-hybridized carbons (Fsp3) is 0.500. The Labute approximate surface area is 113 Å². The second kappa shape index (κ2) is 5.57. The summed E-state index contributed by atoms with van der Waals surface area (Å²) in [6.07, 6.45) is 1.90. The van der Waals surface area contributed by atoms with Crippen molar-refractivity contribution in [1.82, 2.24) is 9.80 Å². The molecule has 4 nitrogen and oxygen atoms in total. The number of hydrogen-bond acceptors (Lipinski definition) is 3. The number of carbonyl (C=O) groups excluding carboxylic acids is 1. The highest BCUT2D eigenvalue weighted by Gasteiger charge is 2.24. The lowest BCUT2D eigenvalue weighted by molar-refractivity contribution is 0.0663. The topological polar surface area (TPSA) is 49.6 Å². The van der Waals surface area contributed by atoms with E-state index in [0.29, 0.717) is 24.7 Å². The lowest BCUT2D eigenvalue weighted by Crippen LogP contribution is -2.44. The number of nitrogens with zero attached hydrogens (tertiary/aromatic N) is 2. The van der Waals surface area contributed by atoms with E-state index >= 15 is 0 Å². The number of amides is 1. The molecule has 0 aromatic heterocycles. The van der Waals surface area contributed by atoms with Gasteiger partial charge in [-0.25, -0.2) is 4.39 Å². The van der Waals surface area contributed by atoms with Crippen LogP contribution in [0.15, 0.2) is 18.2 Å². The van der Waals surface area contributed by atoms with Crippen LogP contribution in [0.3, 0.4) is 0 Å². The van der Waals surface area contributed by atoms with E-state index in [-0.39, 0.29) is 11.6 Å². The van der Waals surface area contributed by atoms with Crippen molar-refractivity contribution in [1.29, 1.82) is 0 Å². The van der Waals surface area contributed by atoms with Gasteiger partial charge in [-0.1, -0.05) is 0 Å². The molecule has 1 fully saturated rings. The molecule has 0 aliphatic carbocycles. The molecule has 2 N–H and O–H groups in total. The van der Waals surface area contributed by atoms with Gasteiger partial charge in [0.05, 0.1) is 0 Å². The average Bonchev–Trinajstić information content (AvgIpc) is 2.37. The van der Waals surface area contributed by atoms with Crippen molar-refractivity contribution in [3.05, 3.63) is 29.6 Å². The summed E-state index contributed by atoms with van der Waals surface area (Å²) >= 11 is 0. The standard InChI is InChI=1S/C14H20FN3O/c1-17(2)13-3-5-18(6-4-13)14(19)10-7-11(15)9-12(16)8-10/h7-9,13H,3-6,16H2,1-2H3. The number of hydrogen-bond donors (Lipinski definition) is 1. The van der Waals surface area contributed by atoms with Crippen molar-refractivity contribution in [3.63, 3.8) is 0 Å². The van der Waals surface area contributed by atoms with Crippen LogP contribution in [0.1, 0.15) is 23.2 Å². The van der Waals surface area contributed by atoms with E-state index in [1.165, 1.54) is 18.2 Å². The molecule has 19 heavy (non-hydrogen) atoms. The van der Waals surface area contributed by atoms with Gasteiger partial charge >= 0.3 is 0 Å². The molecular weight excluding hydrogens is 245 g/mol. The summed E-state index contributed by atoms with van der Waals surface area (Å²) < 4.78 is 13.3. The van der Waals surface area contributed by atoms with Crippen molar-refractivity contribution in [2.75, 3.05) is 32.9 Å². The van der Waals surface area contributed by atoms with Crippen molar-refractivity contribution >= 4 is 11.6 Å². The molecule has 1 aliphatic rings. The van der Waals surface area contributed by atoms with Gasteiger partial charge in [0.25, 0.3) is 5.91 Å². The normalized spacial score (nSPS) is 16.9. The molecule has 2 rings (SSSR count). The van der Waals surface area contributed by atoms with Crippen LogP contribution in [0.25, 0.3) is 0 Å². The number of benzene rings is 1. The Balaban J connectivity index is 2.05. The second-order valence-corrected chi connectivity index (χ2v) is 5.26. The number of halogens is 1. The van der Waals surface area contributed by atoms with Gasteiger partial charge in [0, 0.05) is 30.4 Å². The number of rotatable bonds is 2. The molecule has 1 aliphatic heterocycles. The zero-order valence-corrected chi connectivity index (χ0v) is 11.4. The van der Waals surface area contributed by atoms with Crippen LogP contribution in [0, 0.1) is 5.82 Å². The van der Waals surface area contributed by atoms with E-state index in [1.54, 1.807) is 4.90 Å². The van der Waals surface area contributed by atoms with Gasteiger partial charge < -0.3 is 15.5 Å². The summed E-state index contributed by atoms with van der Waals surface area (Å²) in [4.78, 5) is 16.2. The largest absolute Gasteiger partial charge is 0.399 e. The summed E-state index contributed by atoms with van der Waals surface area (Å²) in [5.74, 6) is -0.602. The van der Waals surface area contributed by atoms with Crippen molar-refractivity contribution in [2.24, 2.45) is 0 Å². The van der Waals surface area contributed by atoms with E-state index < -0.39 is 5.82 Å². The molecule has 0 spiro atoms. The summed E-state index contributed by atoms with van der Waals surface area (Å²) in [5.41, 5.74) is 6.19. The molecule has 0 radical (unpaired) electrons. The number of likely N-dealkylation sites (tertiary alicyclic amines) is 1. The van der Waals surface area contributed by atoms with Crippen LogP contribution >= 0.6 is 0 Å². The van der Waals surface area contributed by atoms with E-state index in [4.69, 9.17) is 5.73 Å². The number of piperidine rings is 1. The minimum atomic E-state index is -0.466. The van der Waals surface area contributed by atoms with Crippen LogP contribution in [0.2, 0.25) is 0 Å². The van der Waals surface area contributed by atoms with Gasteiger partial charge in [0.2, 0.25) is 0 Å². The minimum Gasteiger partial charge on any atom is -0.399 e. The molecule has 0 bridgehead atoms. The van der Waals surface area contributed by atoms with Gasteiger partial charge in [-0.05, 0) is 45.1 Å². The smallest absolute Gasteiger partial charge is 0.254 e. The molecule has 0 unspecified atom stereocenters. The predicted molar refractivity (Wildman–Crippen MR) is 73.4 cm³/mol. The lowest BCUT2D eigenvalue weighted by atomic mass is 10.0. The van der Waals surface area contributed by atoms with Gasteiger partial charge in [-0.15, -0.1) is 0 Å². The zero-order valence-electron chi connectivity index (χ0n) is 11.4. The highest BCUT2D eigenvalue weighted by molar-refractivity contribution is 5.95. The van der Waals surface area contributed by atoms with E-state index in [1.807, 2.05) is 0 Å². The maximum absolute atomic E-state index is 13.3. The highest BCUT2D eigenvalue weighted by Crippen LogP contribution is 2.18. The summed E-state index contributed by atoms with van der Waals surface area (Å²) in [6.45, 7) is 1.41. The van der Waals surface area contributed by atoms with E-state index in [2.05, 4.69) is 19.0 Å². The summed E-state index contributed by atoms with van der Waals surface area (Å²) in [7, 11) is 4.10. The third-order valence-corrected chi connectivity index (χ3v) is 3.65. The zero-order chi connectivity index (χ0) is 14.0. The molecule has 0 saturated carbocycles. The van der Waals surface area contributed by atoms with Crippen LogP contribution < -0.4 is 5.73 Å².